The average molecular weight is 241 g/mol. The second-order valence-electron chi connectivity index (χ2n) is 4.17. The van der Waals surface area contributed by atoms with Gasteiger partial charge in [-0.3, -0.25) is 10.1 Å². The maximum Gasteiger partial charge on any atom is 0.270 e. The molecule has 2 aromatic heterocycles. The summed E-state index contributed by atoms with van der Waals surface area (Å²) >= 11 is 0. The van der Waals surface area contributed by atoms with Crippen molar-refractivity contribution in [2.45, 2.75) is 6.42 Å². The first-order valence-electron chi connectivity index (χ1n) is 5.61. The van der Waals surface area contributed by atoms with Crippen LogP contribution in [0.4, 0.5) is 5.69 Å². The zero-order chi connectivity index (χ0) is 12.5. The lowest BCUT2D eigenvalue weighted by molar-refractivity contribution is -0.384. The summed E-state index contributed by atoms with van der Waals surface area (Å²) in [4.78, 5) is 16.7. The van der Waals surface area contributed by atoms with Gasteiger partial charge in [-0.1, -0.05) is 0 Å². The van der Waals surface area contributed by atoms with Crippen molar-refractivity contribution in [3.05, 3.63) is 64.1 Å². The molecule has 0 saturated heterocycles. The molecule has 3 aromatic rings. The number of hydrogen-bond acceptors (Lipinski definition) is 2. The van der Waals surface area contributed by atoms with Gasteiger partial charge >= 0.3 is 0 Å². The summed E-state index contributed by atoms with van der Waals surface area (Å²) in [6.45, 7) is 0. The van der Waals surface area contributed by atoms with E-state index < -0.39 is 0 Å². The Kier molecular flexibility index (Phi) is 2.37. The van der Waals surface area contributed by atoms with Crippen molar-refractivity contribution in [3.8, 4) is 0 Å². The van der Waals surface area contributed by atoms with Gasteiger partial charge < -0.3 is 9.97 Å². The minimum Gasteiger partial charge on any atom is -0.365 e. The topological polar surface area (TPSA) is 74.7 Å². The largest absolute Gasteiger partial charge is 0.365 e. The van der Waals surface area contributed by atoms with Gasteiger partial charge in [0.05, 0.1) is 4.92 Å². The number of aromatic nitrogens is 2. The van der Waals surface area contributed by atoms with Crippen LogP contribution in [0.1, 0.15) is 11.3 Å². The molecule has 90 valence electrons. The molecule has 0 radical (unpaired) electrons. The minimum absolute atomic E-state index is 0.120. The molecule has 3 rings (SSSR count). The number of H-pyrrole nitrogens is 2. The Hall–Kier alpha value is -2.56. The molecule has 2 heterocycles. The molecule has 5 nitrogen and oxygen atoms in total. The highest BCUT2D eigenvalue weighted by Crippen LogP contribution is 2.25. The van der Waals surface area contributed by atoms with Gasteiger partial charge in [0.1, 0.15) is 0 Å². The molecule has 0 amide bonds. The van der Waals surface area contributed by atoms with Crippen molar-refractivity contribution >= 4 is 16.6 Å². The van der Waals surface area contributed by atoms with Gasteiger partial charge in [0.2, 0.25) is 0 Å². The van der Waals surface area contributed by atoms with E-state index in [0.717, 1.165) is 28.6 Å². The molecule has 18 heavy (non-hydrogen) atoms. The Balaban J connectivity index is 2.06. The fraction of sp³-hybridized carbons (Fsp3) is 0.0769. The predicted octanol–water partition coefficient (Wildman–Crippen LogP) is 3.00. The van der Waals surface area contributed by atoms with Gasteiger partial charge in [0, 0.05) is 47.5 Å². The normalized spacial score (nSPS) is 10.9. The fourth-order valence-electron chi connectivity index (χ4n) is 2.11. The SMILES string of the molecule is O=[N+]([O-])c1ccc2[nH]cc(Cc3ccc[nH]3)c2c1. The number of rotatable bonds is 3. The molecule has 0 unspecified atom stereocenters. The Bertz CT molecular complexity index is 698. The molecule has 0 aliphatic heterocycles. The molecule has 5 heteroatoms. The summed E-state index contributed by atoms with van der Waals surface area (Å²) < 4.78 is 0. The van der Waals surface area contributed by atoms with Crippen molar-refractivity contribution in [2.75, 3.05) is 0 Å². The van der Waals surface area contributed by atoms with E-state index in [4.69, 9.17) is 0 Å². The Labute approximate surface area is 103 Å². The minimum atomic E-state index is -0.370. The molecule has 0 fully saturated rings. The van der Waals surface area contributed by atoms with E-state index in [1.54, 1.807) is 12.1 Å². The van der Waals surface area contributed by atoms with E-state index in [0.29, 0.717) is 0 Å². The Morgan fingerprint density at radius 1 is 1.22 bits per heavy atom. The lowest BCUT2D eigenvalue weighted by Crippen LogP contribution is -1.89. The van der Waals surface area contributed by atoms with Crippen LogP contribution < -0.4 is 0 Å². The molecule has 0 bridgehead atoms. The van der Waals surface area contributed by atoms with Crippen LogP contribution in [0.25, 0.3) is 10.9 Å². The van der Waals surface area contributed by atoms with E-state index in [9.17, 15) is 10.1 Å². The molecular weight excluding hydrogens is 230 g/mol. The van der Waals surface area contributed by atoms with Crippen molar-refractivity contribution < 1.29 is 4.92 Å². The molecule has 0 spiro atoms. The van der Waals surface area contributed by atoms with Gasteiger partial charge in [-0.25, -0.2) is 0 Å². The lowest BCUT2D eigenvalue weighted by Gasteiger charge is -1.97. The number of nitro groups is 1. The van der Waals surface area contributed by atoms with Crippen molar-refractivity contribution in [3.63, 3.8) is 0 Å². The molecule has 0 aliphatic rings. The van der Waals surface area contributed by atoms with Crippen LogP contribution in [-0.2, 0) is 6.42 Å². The third-order valence-electron chi connectivity index (χ3n) is 3.01. The second kappa shape index (κ2) is 4.03. The molecule has 1 aromatic carbocycles. The van der Waals surface area contributed by atoms with E-state index in [1.807, 2.05) is 24.5 Å². The zero-order valence-electron chi connectivity index (χ0n) is 9.51. The number of nitro benzene ring substituents is 1. The van der Waals surface area contributed by atoms with Crippen LogP contribution in [0.3, 0.4) is 0 Å². The van der Waals surface area contributed by atoms with Crippen molar-refractivity contribution in [1.82, 2.24) is 9.97 Å². The summed E-state index contributed by atoms with van der Waals surface area (Å²) in [6.07, 6.45) is 4.50. The molecule has 0 atom stereocenters. The lowest BCUT2D eigenvalue weighted by atomic mass is 10.1. The summed E-state index contributed by atoms with van der Waals surface area (Å²) in [7, 11) is 0. The number of non-ortho nitro benzene ring substituents is 1. The smallest absolute Gasteiger partial charge is 0.270 e. The first-order chi connectivity index (χ1) is 8.74. The first-order valence-corrected chi connectivity index (χ1v) is 5.61. The van der Waals surface area contributed by atoms with Crippen LogP contribution >= 0.6 is 0 Å². The summed E-state index contributed by atoms with van der Waals surface area (Å²) in [5.74, 6) is 0. The van der Waals surface area contributed by atoms with Crippen LogP contribution in [0.5, 0.6) is 0 Å². The highest BCUT2D eigenvalue weighted by molar-refractivity contribution is 5.85. The monoisotopic (exact) mass is 241 g/mol. The fourth-order valence-corrected chi connectivity index (χ4v) is 2.11. The van der Waals surface area contributed by atoms with Gasteiger partial charge in [-0.15, -0.1) is 0 Å². The number of fused-ring (bicyclic) bond motifs is 1. The van der Waals surface area contributed by atoms with Crippen LogP contribution in [0.2, 0.25) is 0 Å². The van der Waals surface area contributed by atoms with Gasteiger partial charge in [0.15, 0.2) is 0 Å². The maximum atomic E-state index is 10.8. The summed E-state index contributed by atoms with van der Waals surface area (Å²) in [5, 5.41) is 11.7. The molecule has 0 saturated carbocycles. The van der Waals surface area contributed by atoms with Crippen LogP contribution in [0, 0.1) is 10.1 Å². The summed E-state index contributed by atoms with van der Waals surface area (Å²) in [6, 6.07) is 8.80. The summed E-state index contributed by atoms with van der Waals surface area (Å²) in [5.41, 5.74) is 3.18. The van der Waals surface area contributed by atoms with Crippen LogP contribution in [-0.4, -0.2) is 14.9 Å². The van der Waals surface area contributed by atoms with Gasteiger partial charge in [-0.2, -0.15) is 0 Å². The standard InChI is InChI=1S/C13H11N3O2/c17-16(18)11-3-4-13-12(7-11)9(8-15-13)6-10-2-1-5-14-10/h1-5,7-8,14-15H,6H2. The third-order valence-corrected chi connectivity index (χ3v) is 3.01. The zero-order valence-corrected chi connectivity index (χ0v) is 9.51. The average Bonchev–Trinajstić information content (AvgIpc) is 2.99. The van der Waals surface area contributed by atoms with Gasteiger partial charge in [-0.05, 0) is 23.8 Å². The maximum absolute atomic E-state index is 10.8. The number of hydrogen-bond donors (Lipinski definition) is 2. The number of aromatic amines is 2. The first kappa shape index (κ1) is 10.6. The molecule has 2 N–H and O–H groups in total. The van der Waals surface area contributed by atoms with E-state index in [-0.39, 0.29) is 10.6 Å². The van der Waals surface area contributed by atoms with E-state index in [2.05, 4.69) is 9.97 Å². The van der Waals surface area contributed by atoms with E-state index >= 15 is 0 Å². The Morgan fingerprint density at radius 2 is 2.11 bits per heavy atom. The second-order valence-corrected chi connectivity index (χ2v) is 4.17. The third kappa shape index (κ3) is 1.75. The highest BCUT2D eigenvalue weighted by Gasteiger charge is 2.10. The quantitative estimate of drug-likeness (QED) is 0.546. The van der Waals surface area contributed by atoms with Crippen molar-refractivity contribution in [2.24, 2.45) is 0 Å². The highest BCUT2D eigenvalue weighted by atomic mass is 16.6. The van der Waals surface area contributed by atoms with Gasteiger partial charge in [0.25, 0.3) is 5.69 Å². The Morgan fingerprint density at radius 3 is 2.83 bits per heavy atom. The number of nitrogens with zero attached hydrogens (tertiary/aromatic N) is 1. The number of nitrogens with one attached hydrogen (secondary N) is 2. The number of benzene rings is 1. The van der Waals surface area contributed by atoms with E-state index in [1.165, 1.54) is 6.07 Å². The van der Waals surface area contributed by atoms with Crippen LogP contribution in [0.15, 0.2) is 42.7 Å². The predicted molar refractivity (Wildman–Crippen MR) is 68.6 cm³/mol. The van der Waals surface area contributed by atoms with Crippen molar-refractivity contribution in [1.29, 1.82) is 0 Å². The molecule has 0 aliphatic carbocycles. The molecular formula is C13H11N3O2.